The van der Waals surface area contributed by atoms with Crippen molar-refractivity contribution in [3.05, 3.63) is 89.6 Å². The molecule has 1 aliphatic rings. The molecule has 4 rings (SSSR count). The van der Waals surface area contributed by atoms with E-state index in [1.54, 1.807) is 32.1 Å². The molecule has 0 spiro atoms. The van der Waals surface area contributed by atoms with E-state index in [-0.39, 0.29) is 28.7 Å². The molecular formula is C24H21ClN2O5S. The first-order valence-electron chi connectivity index (χ1n) is 10.2. The van der Waals surface area contributed by atoms with Gasteiger partial charge in [-0.2, -0.15) is 0 Å². The molecule has 0 radical (unpaired) electrons. The smallest absolute Gasteiger partial charge is 0.338 e. The van der Waals surface area contributed by atoms with E-state index in [4.69, 9.17) is 21.1 Å². The highest BCUT2D eigenvalue weighted by atomic mass is 35.5. The number of carbonyl (C=O) groups is 1. The highest BCUT2D eigenvalue weighted by molar-refractivity contribution is 7.07. The summed E-state index contributed by atoms with van der Waals surface area (Å²) in [5.41, 5.74) is 1.89. The Balaban J connectivity index is 1.95. The van der Waals surface area contributed by atoms with Crippen LogP contribution in [0.4, 0.5) is 0 Å². The van der Waals surface area contributed by atoms with Crippen LogP contribution < -0.4 is 19.6 Å². The Morgan fingerprint density at radius 3 is 2.70 bits per heavy atom. The zero-order valence-electron chi connectivity index (χ0n) is 18.2. The molecule has 0 saturated carbocycles. The molecule has 1 N–H and O–H groups in total. The summed E-state index contributed by atoms with van der Waals surface area (Å²) >= 11 is 7.31. The number of halogens is 1. The summed E-state index contributed by atoms with van der Waals surface area (Å²) in [5.74, 6) is -0.474. The van der Waals surface area contributed by atoms with Gasteiger partial charge >= 0.3 is 5.97 Å². The lowest BCUT2D eigenvalue weighted by molar-refractivity contribution is -0.139. The zero-order valence-corrected chi connectivity index (χ0v) is 19.7. The highest BCUT2D eigenvalue weighted by Gasteiger charge is 2.33. The third-order valence-electron chi connectivity index (χ3n) is 5.20. The van der Waals surface area contributed by atoms with Gasteiger partial charge in [-0.25, -0.2) is 9.79 Å². The summed E-state index contributed by atoms with van der Waals surface area (Å²) in [4.78, 5) is 31.4. The van der Waals surface area contributed by atoms with Gasteiger partial charge in [0, 0.05) is 0 Å². The largest absolute Gasteiger partial charge is 0.503 e. The Labute approximate surface area is 198 Å². The molecule has 3 aromatic rings. The Morgan fingerprint density at radius 2 is 2.03 bits per heavy atom. The number of carbonyl (C=O) groups excluding carboxylic acids is 1. The summed E-state index contributed by atoms with van der Waals surface area (Å²) in [6.45, 7) is 3.69. The van der Waals surface area contributed by atoms with Crippen LogP contribution in [0.25, 0.3) is 6.08 Å². The van der Waals surface area contributed by atoms with Crippen molar-refractivity contribution in [2.45, 2.75) is 19.9 Å². The number of aromatic nitrogens is 1. The number of fused-ring (bicyclic) bond motifs is 1. The number of hydrogen-bond acceptors (Lipinski definition) is 7. The van der Waals surface area contributed by atoms with Gasteiger partial charge in [-0.15, -0.1) is 0 Å². The molecular weight excluding hydrogens is 464 g/mol. The zero-order chi connectivity index (χ0) is 23.7. The maximum absolute atomic E-state index is 13.5. The molecule has 33 heavy (non-hydrogen) atoms. The van der Waals surface area contributed by atoms with Crippen LogP contribution in [0, 0.1) is 0 Å². The number of phenolic OH excluding ortho intramolecular Hbond substituents is 1. The van der Waals surface area contributed by atoms with Gasteiger partial charge in [0.15, 0.2) is 16.3 Å². The molecule has 7 nitrogen and oxygen atoms in total. The van der Waals surface area contributed by atoms with Gasteiger partial charge in [0.05, 0.1) is 40.6 Å². The Morgan fingerprint density at radius 1 is 1.30 bits per heavy atom. The second-order valence-corrected chi connectivity index (χ2v) is 8.68. The van der Waals surface area contributed by atoms with Gasteiger partial charge in [-0.05, 0) is 43.2 Å². The van der Waals surface area contributed by atoms with E-state index in [0.29, 0.717) is 26.2 Å². The molecule has 1 aromatic heterocycles. The van der Waals surface area contributed by atoms with Crippen LogP contribution in [0.3, 0.4) is 0 Å². The van der Waals surface area contributed by atoms with Crippen molar-refractivity contribution >= 4 is 35.0 Å². The van der Waals surface area contributed by atoms with Crippen LogP contribution in [0.1, 0.15) is 31.0 Å². The standard InChI is InChI=1S/C24H21ClN2O5S/c1-4-32-23(30)19-13(2)26-24-27(20(19)15-8-6-5-7-9-15)22(29)18(33-24)12-14-10-16(25)21(28)17(11-14)31-3/h5-12,20,28H,4H2,1-3H3/b18-12-/t20-/m1/s1. The van der Waals surface area contributed by atoms with Crippen molar-refractivity contribution in [2.24, 2.45) is 4.99 Å². The summed E-state index contributed by atoms with van der Waals surface area (Å²) < 4.78 is 12.4. The lowest BCUT2D eigenvalue weighted by atomic mass is 9.96. The van der Waals surface area contributed by atoms with Crippen molar-refractivity contribution < 1.29 is 19.4 Å². The number of ether oxygens (including phenoxy) is 2. The lowest BCUT2D eigenvalue weighted by Crippen LogP contribution is -2.39. The van der Waals surface area contributed by atoms with E-state index >= 15 is 0 Å². The Kier molecular flexibility index (Phi) is 6.40. The van der Waals surface area contributed by atoms with Gasteiger partial charge in [0.25, 0.3) is 5.56 Å². The maximum atomic E-state index is 13.5. The normalized spacial score (nSPS) is 15.8. The maximum Gasteiger partial charge on any atom is 0.338 e. The molecule has 1 atom stereocenters. The van der Waals surface area contributed by atoms with Gasteiger partial charge in [0.1, 0.15) is 0 Å². The third-order valence-corrected chi connectivity index (χ3v) is 6.47. The van der Waals surface area contributed by atoms with E-state index in [1.165, 1.54) is 23.0 Å². The third kappa shape index (κ3) is 4.19. The molecule has 0 saturated heterocycles. The van der Waals surface area contributed by atoms with E-state index in [1.807, 2.05) is 30.3 Å². The van der Waals surface area contributed by atoms with Crippen molar-refractivity contribution in [3.8, 4) is 11.5 Å². The average Bonchev–Trinajstić information content (AvgIpc) is 3.10. The number of aromatic hydroxyl groups is 1. The molecule has 0 bridgehead atoms. The topological polar surface area (TPSA) is 90.1 Å². The molecule has 0 amide bonds. The number of benzene rings is 2. The number of rotatable bonds is 5. The summed E-state index contributed by atoms with van der Waals surface area (Å²) in [5, 5.41) is 10.1. The number of thiazole rings is 1. The first-order valence-corrected chi connectivity index (χ1v) is 11.4. The van der Waals surface area contributed by atoms with Crippen LogP contribution in [-0.2, 0) is 9.53 Å². The first-order chi connectivity index (χ1) is 15.8. The Hall–Kier alpha value is -3.36. The van der Waals surface area contributed by atoms with Gasteiger partial charge in [-0.3, -0.25) is 9.36 Å². The fourth-order valence-electron chi connectivity index (χ4n) is 3.73. The van der Waals surface area contributed by atoms with Crippen LogP contribution in [0.15, 0.2) is 63.5 Å². The SMILES string of the molecule is CCOC(=O)C1=C(C)N=c2s/c(=C\c3cc(Cl)c(O)c(OC)c3)c(=O)n2[C@@H]1c1ccccc1. The molecule has 0 unspecified atom stereocenters. The fourth-order valence-corrected chi connectivity index (χ4v) is 4.99. The first kappa shape index (κ1) is 22.8. The van der Waals surface area contributed by atoms with E-state index < -0.39 is 12.0 Å². The minimum absolute atomic E-state index is 0.107. The van der Waals surface area contributed by atoms with Gasteiger partial charge < -0.3 is 14.6 Å². The van der Waals surface area contributed by atoms with Crippen LogP contribution in [-0.4, -0.2) is 29.4 Å². The van der Waals surface area contributed by atoms with Crippen LogP contribution in [0.5, 0.6) is 11.5 Å². The predicted octanol–water partition coefficient (Wildman–Crippen LogP) is 3.17. The number of nitrogens with zero attached hydrogens (tertiary/aromatic N) is 2. The molecule has 170 valence electrons. The molecule has 1 aliphatic heterocycles. The van der Waals surface area contributed by atoms with Crippen LogP contribution in [0.2, 0.25) is 5.02 Å². The van der Waals surface area contributed by atoms with Crippen molar-refractivity contribution in [1.82, 2.24) is 4.57 Å². The number of methoxy groups -OCH3 is 1. The van der Waals surface area contributed by atoms with Crippen molar-refractivity contribution in [2.75, 3.05) is 13.7 Å². The van der Waals surface area contributed by atoms with Crippen molar-refractivity contribution in [1.29, 1.82) is 0 Å². The molecule has 2 heterocycles. The van der Waals surface area contributed by atoms with E-state index in [2.05, 4.69) is 4.99 Å². The molecule has 2 aromatic carbocycles. The lowest BCUT2D eigenvalue weighted by Gasteiger charge is -2.24. The average molecular weight is 485 g/mol. The molecule has 0 aliphatic carbocycles. The molecule has 0 fully saturated rings. The minimum Gasteiger partial charge on any atom is -0.503 e. The number of hydrogen-bond donors (Lipinski definition) is 1. The second kappa shape index (κ2) is 9.25. The van der Waals surface area contributed by atoms with Crippen molar-refractivity contribution in [3.63, 3.8) is 0 Å². The molecule has 9 heteroatoms. The summed E-state index contributed by atoms with van der Waals surface area (Å²) in [6, 6.07) is 11.8. The highest BCUT2D eigenvalue weighted by Crippen LogP contribution is 2.35. The van der Waals surface area contributed by atoms with Crippen LogP contribution >= 0.6 is 22.9 Å². The summed E-state index contributed by atoms with van der Waals surface area (Å²) in [6.07, 6.45) is 1.66. The minimum atomic E-state index is -0.665. The Bertz CT molecular complexity index is 1440. The predicted molar refractivity (Wildman–Crippen MR) is 127 cm³/mol. The monoisotopic (exact) mass is 484 g/mol. The quantitative estimate of drug-likeness (QED) is 0.562. The second-order valence-electron chi connectivity index (χ2n) is 7.27. The number of allylic oxidation sites excluding steroid dienone is 1. The number of phenols is 1. The van der Waals surface area contributed by atoms with E-state index in [9.17, 15) is 14.7 Å². The van der Waals surface area contributed by atoms with E-state index in [0.717, 1.165) is 5.56 Å². The van der Waals surface area contributed by atoms with Gasteiger partial charge in [-0.1, -0.05) is 53.3 Å². The van der Waals surface area contributed by atoms with Gasteiger partial charge in [0.2, 0.25) is 0 Å². The number of esters is 1. The fraction of sp³-hybridized carbons (Fsp3) is 0.208. The summed E-state index contributed by atoms with van der Waals surface area (Å²) in [7, 11) is 1.42.